The summed E-state index contributed by atoms with van der Waals surface area (Å²) in [5, 5.41) is 39.7. The van der Waals surface area contributed by atoms with Crippen LogP contribution in [-0.2, 0) is 20.0 Å². The van der Waals surface area contributed by atoms with Crippen LogP contribution in [0.25, 0.3) is 0 Å². The first-order valence-corrected chi connectivity index (χ1v) is 20.6. The maximum absolute atomic E-state index is 13.8. The van der Waals surface area contributed by atoms with Gasteiger partial charge in [-0.3, -0.25) is 23.8 Å². The molecule has 2 atom stereocenters. The Hall–Kier alpha value is -4.22. The summed E-state index contributed by atoms with van der Waals surface area (Å²) in [6.07, 6.45) is 4.15. The molecule has 1 saturated carbocycles. The summed E-state index contributed by atoms with van der Waals surface area (Å²) in [5.41, 5.74) is -2.27. The number of carbonyl (C=O) groups is 3. The monoisotopic (exact) mass is 859 g/mol. The first-order chi connectivity index (χ1) is 28.1. The summed E-state index contributed by atoms with van der Waals surface area (Å²) < 4.78 is 74.2. The Morgan fingerprint density at radius 2 is 1.66 bits per heavy atom. The second-order valence-corrected chi connectivity index (χ2v) is 15.7. The number of ketones is 1. The number of halogens is 6. The van der Waals surface area contributed by atoms with Gasteiger partial charge in [0.25, 0.3) is 12.3 Å². The largest absolute Gasteiger partial charge is 0.508 e. The summed E-state index contributed by atoms with van der Waals surface area (Å²) >= 11 is 0.858. The quantitative estimate of drug-likeness (QED) is 0.186. The number of thiophene rings is 1. The van der Waals surface area contributed by atoms with Crippen LogP contribution in [0.3, 0.4) is 0 Å². The number of aliphatic imine (C=N–C) groups is 1. The van der Waals surface area contributed by atoms with Crippen LogP contribution in [-0.4, -0.2) is 106 Å². The number of alkyl halides is 6. The molecule has 1 aliphatic carbocycles. The van der Waals surface area contributed by atoms with Gasteiger partial charge in [-0.05, 0) is 62.3 Å². The maximum atomic E-state index is 13.8. The molecule has 59 heavy (non-hydrogen) atoms. The number of aliphatic hydroxyl groups is 2. The van der Waals surface area contributed by atoms with Crippen LogP contribution in [0.2, 0.25) is 0 Å². The predicted molar refractivity (Wildman–Crippen MR) is 213 cm³/mol. The van der Waals surface area contributed by atoms with Crippen molar-refractivity contribution in [1.82, 2.24) is 9.80 Å². The van der Waals surface area contributed by atoms with E-state index in [-0.39, 0.29) is 73.7 Å². The second kappa shape index (κ2) is 23.5. The molecule has 3 aliphatic heterocycles. The van der Waals surface area contributed by atoms with Crippen molar-refractivity contribution in [1.29, 1.82) is 0 Å². The van der Waals surface area contributed by atoms with Crippen LogP contribution in [0.5, 0.6) is 11.5 Å². The van der Waals surface area contributed by atoms with Crippen molar-refractivity contribution in [2.24, 2.45) is 16.8 Å². The summed E-state index contributed by atoms with van der Waals surface area (Å²) in [6, 6.07) is 7.15. The number of aliphatic hydroxyl groups excluding tert-OH is 1. The number of carbonyl (C=O) groups excluding carboxylic acids is 3. The van der Waals surface area contributed by atoms with E-state index in [1.807, 2.05) is 6.92 Å². The van der Waals surface area contributed by atoms with Gasteiger partial charge in [0.15, 0.2) is 5.78 Å². The molecule has 4 N–H and O–H groups in total. The highest BCUT2D eigenvalue weighted by atomic mass is 32.1. The van der Waals surface area contributed by atoms with E-state index in [4.69, 9.17) is 10.2 Å². The number of allylic oxidation sites excluding steroid dienone is 1. The standard InChI is InChI=1S/C28H34F3N3O4.C8H14O2.C5H4F2OS.CH3F/c1-2-6-23-20(25(36)33-17-12-27(38,13-18-33)22-8-3-4-9-24(22)35)7-5-16-34(23)26(37)19-10-14-32-15-11-21(19)28(29,30)31;9-6-8(10)5-7-3-1-2-4-7;6-5(7)4-1-3(8)2-9-4;1-2/h3-4,8-11,15,20,23,35,38H,2,5-7,12-14,16-18H2,1H3;7,9H,1-6H2;1-2,5,8H;1H3. The molecule has 10 nitrogen and oxygen atoms in total. The number of benzene rings is 1. The molecule has 1 aromatic carbocycles. The molecule has 4 heterocycles. The van der Waals surface area contributed by atoms with E-state index in [1.165, 1.54) is 48.1 Å². The number of hydrogen-bond acceptors (Lipinski definition) is 9. The molecule has 2 unspecified atom stereocenters. The van der Waals surface area contributed by atoms with E-state index in [0.717, 1.165) is 29.7 Å². The lowest BCUT2D eigenvalue weighted by molar-refractivity contribution is -0.147. The normalized spacial score (nSPS) is 20.5. The Balaban J connectivity index is 0.000000359. The highest BCUT2D eigenvalue weighted by Gasteiger charge is 2.45. The van der Waals surface area contributed by atoms with Gasteiger partial charge < -0.3 is 30.2 Å². The van der Waals surface area contributed by atoms with Gasteiger partial charge in [0.2, 0.25) is 5.91 Å². The van der Waals surface area contributed by atoms with Gasteiger partial charge >= 0.3 is 6.18 Å². The zero-order chi connectivity index (χ0) is 43.8. The number of hydrogen-bond donors (Lipinski definition) is 4. The van der Waals surface area contributed by atoms with Crippen LogP contribution in [0.1, 0.15) is 94.4 Å². The highest BCUT2D eigenvalue weighted by Crippen LogP contribution is 2.40. The second-order valence-electron chi connectivity index (χ2n) is 14.7. The Bertz CT molecular complexity index is 1750. The third-order valence-electron chi connectivity index (χ3n) is 10.8. The smallest absolute Gasteiger partial charge is 0.417 e. The van der Waals surface area contributed by atoms with Crippen molar-refractivity contribution >= 4 is 35.1 Å². The number of phenols is 1. The van der Waals surface area contributed by atoms with Crippen LogP contribution < -0.4 is 0 Å². The van der Waals surface area contributed by atoms with Gasteiger partial charge in [0.1, 0.15) is 18.1 Å². The minimum Gasteiger partial charge on any atom is -0.508 e. The number of para-hydroxylation sites is 1. The van der Waals surface area contributed by atoms with Gasteiger partial charge in [-0.25, -0.2) is 8.78 Å². The van der Waals surface area contributed by atoms with Crippen LogP contribution >= 0.6 is 11.3 Å². The average Bonchev–Trinajstić information content (AvgIpc) is 3.83. The molecule has 6 rings (SSSR count). The Morgan fingerprint density at radius 1 is 1.00 bits per heavy atom. The van der Waals surface area contributed by atoms with E-state index in [0.29, 0.717) is 50.8 Å². The SMILES string of the molecule is CCCC1C(C(=O)N2CCC(O)(c3ccccc3O)CC2)CCCN1C(=O)C1=CCN=CC=C1C(F)(F)F.CF.O=C(CO)CC1CCCC1.Oc1csc(C(F)F)c1. The van der Waals surface area contributed by atoms with Crippen LogP contribution in [0.15, 0.2) is 64.0 Å². The Kier molecular flexibility index (Phi) is 19.6. The number of likely N-dealkylation sites (tertiary alicyclic amines) is 2. The molecular formula is C42H55F6N3O7S. The molecule has 2 amide bonds. The predicted octanol–water partition coefficient (Wildman–Crippen LogP) is 8.21. The highest BCUT2D eigenvalue weighted by molar-refractivity contribution is 7.10. The number of phenolic OH excluding ortho intramolecular Hbond substituents is 1. The fourth-order valence-corrected chi connectivity index (χ4v) is 8.53. The number of Topliss-reactive ketones (excluding diaryl/α,β-unsaturated/α-hetero) is 1. The molecule has 0 spiro atoms. The molecule has 2 aromatic rings. The number of rotatable bonds is 9. The number of nitrogens with zero attached hydrogens (tertiary/aromatic N) is 3. The summed E-state index contributed by atoms with van der Waals surface area (Å²) in [5.74, 6) is -0.899. The van der Waals surface area contributed by atoms with Crippen molar-refractivity contribution < 1.29 is 61.2 Å². The number of piperidine rings is 2. The maximum Gasteiger partial charge on any atom is 0.417 e. The number of aromatic hydroxyl groups is 2. The summed E-state index contributed by atoms with van der Waals surface area (Å²) in [6.45, 7) is 2.46. The molecule has 17 heteroatoms. The zero-order valence-corrected chi connectivity index (χ0v) is 34.2. The van der Waals surface area contributed by atoms with Gasteiger partial charge in [-0.15, -0.1) is 11.3 Å². The van der Waals surface area contributed by atoms with Crippen LogP contribution in [0, 0.1) is 11.8 Å². The minimum atomic E-state index is -4.71. The van der Waals surface area contributed by atoms with Crippen molar-refractivity contribution in [3.63, 3.8) is 0 Å². The topological polar surface area (TPSA) is 151 Å². The fourth-order valence-electron chi connectivity index (χ4n) is 7.91. The molecule has 2 saturated heterocycles. The Morgan fingerprint density at radius 3 is 2.20 bits per heavy atom. The van der Waals surface area contributed by atoms with Gasteiger partial charge in [-0.2, -0.15) is 13.2 Å². The average molecular weight is 860 g/mol. The lowest BCUT2D eigenvalue weighted by atomic mass is 9.81. The van der Waals surface area contributed by atoms with Gasteiger partial charge in [0, 0.05) is 54.8 Å². The number of amides is 2. The molecule has 328 valence electrons. The van der Waals surface area contributed by atoms with Gasteiger partial charge in [0.05, 0.1) is 35.7 Å². The molecule has 0 bridgehead atoms. The summed E-state index contributed by atoms with van der Waals surface area (Å²) in [7, 11) is 0.500. The lowest BCUT2D eigenvalue weighted by Gasteiger charge is -2.45. The zero-order valence-electron chi connectivity index (χ0n) is 33.4. The van der Waals surface area contributed by atoms with E-state index in [2.05, 4.69) is 4.99 Å². The first kappa shape index (κ1) is 49.1. The first-order valence-electron chi connectivity index (χ1n) is 19.7. The molecule has 3 fully saturated rings. The van der Waals surface area contributed by atoms with Crippen molar-refractivity contribution in [2.75, 3.05) is 40.0 Å². The Labute approximate surface area is 344 Å². The van der Waals surface area contributed by atoms with E-state index in [1.54, 1.807) is 23.1 Å². The third-order valence-corrected chi connectivity index (χ3v) is 11.7. The summed E-state index contributed by atoms with van der Waals surface area (Å²) in [4.78, 5) is 44.9. The van der Waals surface area contributed by atoms with Crippen LogP contribution in [0.4, 0.5) is 26.3 Å². The molecular weight excluding hydrogens is 805 g/mol. The van der Waals surface area contributed by atoms with Gasteiger partial charge in [-0.1, -0.05) is 57.2 Å². The van der Waals surface area contributed by atoms with Crippen molar-refractivity contribution in [2.45, 2.75) is 102 Å². The molecule has 4 aliphatic rings. The molecule has 1 aromatic heterocycles. The van der Waals surface area contributed by atoms with E-state index in [9.17, 15) is 50.9 Å². The van der Waals surface area contributed by atoms with Crippen molar-refractivity contribution in [3.05, 3.63) is 69.5 Å². The molecule has 0 radical (unpaired) electrons. The minimum absolute atomic E-state index is 0.00437. The van der Waals surface area contributed by atoms with E-state index >= 15 is 0 Å². The lowest BCUT2D eigenvalue weighted by Crippen LogP contribution is -2.55. The fraction of sp³-hybridized carbons (Fsp3) is 0.571. The third kappa shape index (κ3) is 13.9. The van der Waals surface area contributed by atoms with Crippen molar-refractivity contribution in [3.8, 4) is 11.5 Å². The van der Waals surface area contributed by atoms with E-state index < -0.39 is 47.2 Å².